The highest BCUT2D eigenvalue weighted by molar-refractivity contribution is 6.33. The van der Waals surface area contributed by atoms with Crippen LogP contribution in [-0.4, -0.2) is 15.3 Å². The topological polar surface area (TPSA) is 60.9 Å². The number of Topliss-reactive ketones (excluding diaryl/α,β-unsaturated/α-hetero) is 1. The van der Waals surface area contributed by atoms with Crippen molar-refractivity contribution >= 4 is 23.1 Å². The summed E-state index contributed by atoms with van der Waals surface area (Å²) >= 11 is 6.17. The number of hydrogen-bond acceptors (Lipinski definition) is 3. The van der Waals surface area contributed by atoms with Crippen LogP contribution in [-0.2, 0) is 13.0 Å². The fraction of sp³-hybridized carbons (Fsp3) is 0.333. The lowest BCUT2D eigenvalue weighted by Crippen LogP contribution is -2.20. The first-order valence-electron chi connectivity index (χ1n) is 6.77. The van der Waals surface area contributed by atoms with Crippen LogP contribution in [0.3, 0.4) is 0 Å². The van der Waals surface area contributed by atoms with Crippen molar-refractivity contribution in [3.63, 3.8) is 0 Å². The normalized spacial score (nSPS) is 17.6. The summed E-state index contributed by atoms with van der Waals surface area (Å²) in [7, 11) is 0. The molecule has 1 aromatic heterocycles. The summed E-state index contributed by atoms with van der Waals surface area (Å²) in [6, 6.07) is 2.82. The first kappa shape index (κ1) is 14.1. The highest BCUT2D eigenvalue weighted by atomic mass is 35.5. The number of carbonyl (C=O) groups is 1. The van der Waals surface area contributed by atoms with Gasteiger partial charge in [0, 0.05) is 30.6 Å². The van der Waals surface area contributed by atoms with Gasteiger partial charge in [0.2, 0.25) is 0 Å². The second-order valence-corrected chi connectivity index (χ2v) is 5.73. The highest BCUT2D eigenvalue weighted by Crippen LogP contribution is 2.37. The number of anilines is 1. The van der Waals surface area contributed by atoms with E-state index in [1.807, 2.05) is 4.57 Å². The van der Waals surface area contributed by atoms with Gasteiger partial charge in [0.05, 0.1) is 17.0 Å². The van der Waals surface area contributed by atoms with Crippen molar-refractivity contribution in [1.29, 1.82) is 0 Å². The van der Waals surface area contributed by atoms with Gasteiger partial charge >= 0.3 is 0 Å². The SMILES string of the molecule is CC(=O)c1ncn2c1CCC(c1c(F)ccc(N)c1Cl)C2. The molecule has 0 saturated carbocycles. The Morgan fingerprint density at radius 1 is 1.52 bits per heavy atom. The summed E-state index contributed by atoms with van der Waals surface area (Å²) in [5.41, 5.74) is 8.04. The van der Waals surface area contributed by atoms with E-state index in [2.05, 4.69) is 4.98 Å². The number of nitrogens with two attached hydrogens (primary N) is 1. The molecular weight excluding hydrogens is 293 g/mol. The fourth-order valence-corrected chi connectivity index (χ4v) is 3.26. The van der Waals surface area contributed by atoms with Crippen molar-refractivity contribution in [3.05, 3.63) is 46.3 Å². The van der Waals surface area contributed by atoms with E-state index in [-0.39, 0.29) is 22.5 Å². The molecule has 0 bridgehead atoms. The van der Waals surface area contributed by atoms with Crippen LogP contribution in [0.25, 0.3) is 0 Å². The average molecular weight is 308 g/mol. The maximum absolute atomic E-state index is 14.1. The van der Waals surface area contributed by atoms with Gasteiger partial charge in [-0.05, 0) is 25.0 Å². The smallest absolute Gasteiger partial charge is 0.179 e. The Bertz CT molecular complexity index is 726. The van der Waals surface area contributed by atoms with Crippen LogP contribution in [0.4, 0.5) is 10.1 Å². The number of nitrogens with zero attached hydrogens (tertiary/aromatic N) is 2. The molecule has 2 N–H and O–H groups in total. The maximum Gasteiger partial charge on any atom is 0.179 e. The van der Waals surface area contributed by atoms with E-state index in [0.717, 1.165) is 5.69 Å². The molecule has 1 atom stereocenters. The second kappa shape index (κ2) is 5.15. The monoisotopic (exact) mass is 307 g/mol. The number of imidazole rings is 1. The van der Waals surface area contributed by atoms with Gasteiger partial charge in [-0.3, -0.25) is 4.79 Å². The average Bonchev–Trinajstić information content (AvgIpc) is 2.87. The molecule has 21 heavy (non-hydrogen) atoms. The largest absolute Gasteiger partial charge is 0.398 e. The molecule has 0 fully saturated rings. The van der Waals surface area contributed by atoms with Gasteiger partial charge in [-0.1, -0.05) is 11.6 Å². The molecule has 0 saturated heterocycles. The second-order valence-electron chi connectivity index (χ2n) is 5.35. The first-order chi connectivity index (χ1) is 9.99. The zero-order valence-electron chi connectivity index (χ0n) is 11.6. The number of ketones is 1. The molecule has 6 heteroatoms. The van der Waals surface area contributed by atoms with Crippen molar-refractivity contribution in [2.45, 2.75) is 32.2 Å². The van der Waals surface area contributed by atoms with Crippen LogP contribution in [0, 0.1) is 5.82 Å². The lowest BCUT2D eigenvalue weighted by molar-refractivity contribution is 0.101. The molecule has 1 aliphatic rings. The minimum Gasteiger partial charge on any atom is -0.398 e. The molecule has 4 nitrogen and oxygen atoms in total. The van der Waals surface area contributed by atoms with E-state index in [0.29, 0.717) is 36.3 Å². The maximum atomic E-state index is 14.1. The van der Waals surface area contributed by atoms with Gasteiger partial charge in [-0.2, -0.15) is 0 Å². The van der Waals surface area contributed by atoms with E-state index >= 15 is 0 Å². The summed E-state index contributed by atoms with van der Waals surface area (Å²) < 4.78 is 16.0. The van der Waals surface area contributed by atoms with Crippen molar-refractivity contribution in [3.8, 4) is 0 Å². The number of rotatable bonds is 2. The van der Waals surface area contributed by atoms with Crippen LogP contribution in [0.2, 0.25) is 5.02 Å². The molecule has 1 aliphatic heterocycles. The minimum absolute atomic E-state index is 0.0460. The summed E-state index contributed by atoms with van der Waals surface area (Å²) in [6.45, 7) is 2.05. The van der Waals surface area contributed by atoms with Gasteiger partial charge in [0.15, 0.2) is 5.78 Å². The third-order valence-electron chi connectivity index (χ3n) is 3.99. The van der Waals surface area contributed by atoms with E-state index < -0.39 is 0 Å². The van der Waals surface area contributed by atoms with Crippen molar-refractivity contribution in [2.75, 3.05) is 5.73 Å². The molecule has 3 rings (SSSR count). The van der Waals surface area contributed by atoms with Gasteiger partial charge in [-0.25, -0.2) is 9.37 Å². The minimum atomic E-state index is -0.338. The molecule has 2 heterocycles. The summed E-state index contributed by atoms with van der Waals surface area (Å²) in [4.78, 5) is 15.7. The van der Waals surface area contributed by atoms with Crippen molar-refractivity contribution in [1.82, 2.24) is 9.55 Å². The highest BCUT2D eigenvalue weighted by Gasteiger charge is 2.28. The predicted molar refractivity (Wildman–Crippen MR) is 79.1 cm³/mol. The Morgan fingerprint density at radius 2 is 2.29 bits per heavy atom. The fourth-order valence-electron chi connectivity index (χ4n) is 2.96. The lowest BCUT2D eigenvalue weighted by Gasteiger charge is -2.26. The predicted octanol–water partition coefficient (Wildman–Crippen LogP) is 3.19. The van der Waals surface area contributed by atoms with Crippen LogP contribution in [0.5, 0.6) is 0 Å². The molecule has 1 aromatic carbocycles. The van der Waals surface area contributed by atoms with Crippen LogP contribution in [0.15, 0.2) is 18.5 Å². The molecule has 110 valence electrons. The van der Waals surface area contributed by atoms with Crippen LogP contribution < -0.4 is 5.73 Å². The van der Waals surface area contributed by atoms with Crippen molar-refractivity contribution in [2.24, 2.45) is 0 Å². The number of nitrogen functional groups attached to an aromatic ring is 1. The molecule has 2 aromatic rings. The van der Waals surface area contributed by atoms with Crippen LogP contribution in [0.1, 0.15) is 41.0 Å². The number of carbonyl (C=O) groups excluding carboxylic acids is 1. The number of halogens is 2. The lowest BCUT2D eigenvalue weighted by atomic mass is 9.89. The molecular formula is C15H15ClFN3O. The van der Waals surface area contributed by atoms with Gasteiger partial charge in [-0.15, -0.1) is 0 Å². The standard InChI is InChI=1S/C15H15ClFN3O/c1-8(21)15-12-5-2-9(6-20(12)7-19-15)13-10(17)3-4-11(18)14(13)16/h3-4,7,9H,2,5-6,18H2,1H3. The summed E-state index contributed by atoms with van der Waals surface area (Å²) in [6.07, 6.45) is 3.02. The van der Waals surface area contributed by atoms with E-state index in [9.17, 15) is 9.18 Å². The van der Waals surface area contributed by atoms with Crippen LogP contribution >= 0.6 is 11.6 Å². The molecule has 1 unspecified atom stereocenters. The quantitative estimate of drug-likeness (QED) is 0.684. The summed E-state index contributed by atoms with van der Waals surface area (Å²) in [5, 5.41) is 0.287. The molecule has 0 radical (unpaired) electrons. The number of aromatic nitrogens is 2. The number of hydrogen-bond donors (Lipinski definition) is 1. The molecule has 0 aliphatic carbocycles. The number of benzene rings is 1. The zero-order chi connectivity index (χ0) is 15.1. The Kier molecular flexibility index (Phi) is 3.45. The zero-order valence-corrected chi connectivity index (χ0v) is 12.3. The van der Waals surface area contributed by atoms with Crippen molar-refractivity contribution < 1.29 is 9.18 Å². The number of fused-ring (bicyclic) bond motifs is 1. The third-order valence-corrected chi connectivity index (χ3v) is 4.41. The Balaban J connectivity index is 1.98. The van der Waals surface area contributed by atoms with E-state index in [1.165, 1.54) is 19.1 Å². The Hall–Kier alpha value is -1.88. The first-order valence-corrected chi connectivity index (χ1v) is 7.15. The third kappa shape index (κ3) is 2.31. The summed E-state index contributed by atoms with van der Waals surface area (Å²) in [5.74, 6) is -0.451. The van der Waals surface area contributed by atoms with E-state index in [1.54, 1.807) is 6.33 Å². The molecule has 0 spiro atoms. The van der Waals surface area contributed by atoms with Gasteiger partial charge in [0.25, 0.3) is 0 Å². The molecule has 0 amide bonds. The van der Waals surface area contributed by atoms with Gasteiger partial charge in [0.1, 0.15) is 11.5 Å². The van der Waals surface area contributed by atoms with E-state index in [4.69, 9.17) is 17.3 Å². The Labute approximate surface area is 126 Å². The Morgan fingerprint density at radius 3 is 3.00 bits per heavy atom. The van der Waals surface area contributed by atoms with Gasteiger partial charge < -0.3 is 10.3 Å².